The lowest BCUT2D eigenvalue weighted by atomic mass is 9.98. The highest BCUT2D eigenvalue weighted by atomic mass is 14.9. The highest BCUT2D eigenvalue weighted by Gasteiger charge is 2.15. The smallest absolute Gasteiger partial charge is 0.0108 e. The lowest BCUT2D eigenvalue weighted by Gasteiger charge is -2.12. The second-order valence-electron chi connectivity index (χ2n) is 4.64. The van der Waals surface area contributed by atoms with E-state index in [1.54, 1.807) is 0 Å². The standard InChI is InChI=1S/C15H17N/c1-2-9-15-12(5-1)6-3-7-13(15)11-14-8-4-10-16-14/h1-3,5-7,9,14,16H,4,8,10-11H2. The molecule has 1 nitrogen and oxygen atoms in total. The van der Waals surface area contributed by atoms with Gasteiger partial charge in [0.1, 0.15) is 0 Å². The summed E-state index contributed by atoms with van der Waals surface area (Å²) in [5.74, 6) is 0. The van der Waals surface area contributed by atoms with E-state index < -0.39 is 0 Å². The van der Waals surface area contributed by atoms with E-state index in [2.05, 4.69) is 47.8 Å². The Bertz CT molecular complexity index is 478. The summed E-state index contributed by atoms with van der Waals surface area (Å²) in [5, 5.41) is 6.34. The molecule has 1 fully saturated rings. The van der Waals surface area contributed by atoms with Crippen LogP contribution in [0.2, 0.25) is 0 Å². The van der Waals surface area contributed by atoms with E-state index in [4.69, 9.17) is 0 Å². The van der Waals surface area contributed by atoms with Crippen molar-refractivity contribution in [3.05, 3.63) is 48.0 Å². The molecule has 0 amide bonds. The van der Waals surface area contributed by atoms with E-state index in [-0.39, 0.29) is 0 Å². The van der Waals surface area contributed by atoms with Crippen molar-refractivity contribution in [2.24, 2.45) is 0 Å². The molecule has 3 rings (SSSR count). The minimum Gasteiger partial charge on any atom is -0.314 e. The zero-order chi connectivity index (χ0) is 10.8. The summed E-state index contributed by atoms with van der Waals surface area (Å²) >= 11 is 0. The van der Waals surface area contributed by atoms with Gasteiger partial charge in [0, 0.05) is 6.04 Å². The van der Waals surface area contributed by atoms with Crippen LogP contribution in [0.15, 0.2) is 42.5 Å². The molecule has 16 heavy (non-hydrogen) atoms. The Morgan fingerprint density at radius 1 is 1.06 bits per heavy atom. The van der Waals surface area contributed by atoms with Gasteiger partial charge in [0.15, 0.2) is 0 Å². The van der Waals surface area contributed by atoms with Crippen LogP contribution in [0.25, 0.3) is 10.8 Å². The van der Waals surface area contributed by atoms with E-state index >= 15 is 0 Å². The van der Waals surface area contributed by atoms with Crippen LogP contribution < -0.4 is 5.32 Å². The second kappa shape index (κ2) is 4.26. The van der Waals surface area contributed by atoms with Gasteiger partial charge >= 0.3 is 0 Å². The lowest BCUT2D eigenvalue weighted by Crippen LogP contribution is -2.23. The van der Waals surface area contributed by atoms with Gasteiger partial charge in [-0.2, -0.15) is 0 Å². The summed E-state index contributed by atoms with van der Waals surface area (Å²) in [5.41, 5.74) is 1.48. The molecule has 2 aromatic rings. The van der Waals surface area contributed by atoms with E-state index in [1.165, 1.54) is 42.1 Å². The molecule has 0 aromatic heterocycles. The van der Waals surface area contributed by atoms with Crippen LogP contribution in [0, 0.1) is 0 Å². The average molecular weight is 211 g/mol. The molecular formula is C15H17N. The topological polar surface area (TPSA) is 12.0 Å². The summed E-state index contributed by atoms with van der Waals surface area (Å²) in [6, 6.07) is 16.0. The Labute approximate surface area is 96.5 Å². The van der Waals surface area contributed by atoms with Crippen LogP contribution in [-0.2, 0) is 6.42 Å². The molecule has 82 valence electrons. The maximum Gasteiger partial charge on any atom is 0.0108 e. The number of benzene rings is 2. The van der Waals surface area contributed by atoms with Gasteiger partial charge in [-0.3, -0.25) is 0 Å². The first-order valence-corrected chi connectivity index (χ1v) is 6.13. The molecule has 0 aliphatic carbocycles. The average Bonchev–Trinajstić information content (AvgIpc) is 2.82. The third-order valence-electron chi connectivity index (χ3n) is 3.51. The number of hydrogen-bond donors (Lipinski definition) is 1. The maximum absolute atomic E-state index is 3.57. The highest BCUT2D eigenvalue weighted by molar-refractivity contribution is 5.85. The second-order valence-corrected chi connectivity index (χ2v) is 4.64. The van der Waals surface area contributed by atoms with Crippen molar-refractivity contribution in [3.8, 4) is 0 Å². The van der Waals surface area contributed by atoms with E-state index in [0.29, 0.717) is 6.04 Å². The number of hydrogen-bond acceptors (Lipinski definition) is 1. The predicted molar refractivity (Wildman–Crippen MR) is 68.7 cm³/mol. The summed E-state index contributed by atoms with van der Waals surface area (Å²) in [6.45, 7) is 1.19. The van der Waals surface area contributed by atoms with Gasteiger partial charge in [-0.05, 0) is 42.1 Å². The molecule has 1 aliphatic rings. The molecule has 1 atom stereocenters. The van der Waals surface area contributed by atoms with Crippen molar-refractivity contribution in [2.75, 3.05) is 6.54 Å². The Balaban J connectivity index is 1.96. The summed E-state index contributed by atoms with van der Waals surface area (Å²) in [7, 11) is 0. The zero-order valence-corrected chi connectivity index (χ0v) is 9.45. The lowest BCUT2D eigenvalue weighted by molar-refractivity contribution is 0.605. The van der Waals surface area contributed by atoms with Crippen LogP contribution in [0.3, 0.4) is 0 Å². The van der Waals surface area contributed by atoms with Crippen molar-refractivity contribution in [2.45, 2.75) is 25.3 Å². The van der Waals surface area contributed by atoms with Gasteiger partial charge < -0.3 is 5.32 Å². The molecule has 1 heteroatoms. The van der Waals surface area contributed by atoms with Gasteiger partial charge in [0.2, 0.25) is 0 Å². The third kappa shape index (κ3) is 1.83. The first kappa shape index (κ1) is 9.86. The van der Waals surface area contributed by atoms with Gasteiger partial charge in [-0.15, -0.1) is 0 Å². The molecule has 0 spiro atoms. The highest BCUT2D eigenvalue weighted by Crippen LogP contribution is 2.21. The van der Waals surface area contributed by atoms with Gasteiger partial charge in [-0.25, -0.2) is 0 Å². The Morgan fingerprint density at radius 2 is 1.94 bits per heavy atom. The van der Waals surface area contributed by atoms with Crippen LogP contribution in [0.4, 0.5) is 0 Å². The Hall–Kier alpha value is -1.34. The fourth-order valence-electron chi connectivity index (χ4n) is 2.67. The fraction of sp³-hybridized carbons (Fsp3) is 0.333. The van der Waals surface area contributed by atoms with Crippen LogP contribution in [-0.4, -0.2) is 12.6 Å². The third-order valence-corrected chi connectivity index (χ3v) is 3.51. The van der Waals surface area contributed by atoms with Gasteiger partial charge in [0.05, 0.1) is 0 Å². The summed E-state index contributed by atoms with van der Waals surface area (Å²) in [4.78, 5) is 0. The van der Waals surface area contributed by atoms with Crippen LogP contribution in [0.5, 0.6) is 0 Å². The monoisotopic (exact) mass is 211 g/mol. The molecule has 2 aromatic carbocycles. The van der Waals surface area contributed by atoms with Crippen LogP contribution in [0.1, 0.15) is 18.4 Å². The zero-order valence-electron chi connectivity index (χ0n) is 9.45. The van der Waals surface area contributed by atoms with Crippen molar-refractivity contribution in [1.82, 2.24) is 5.32 Å². The predicted octanol–water partition coefficient (Wildman–Crippen LogP) is 3.13. The molecule has 0 saturated carbocycles. The number of fused-ring (bicyclic) bond motifs is 1. The molecular weight excluding hydrogens is 194 g/mol. The normalized spacial score (nSPS) is 20.4. The van der Waals surface area contributed by atoms with Crippen molar-refractivity contribution in [1.29, 1.82) is 0 Å². The number of rotatable bonds is 2. The quantitative estimate of drug-likeness (QED) is 0.804. The largest absolute Gasteiger partial charge is 0.314 e. The Kier molecular flexibility index (Phi) is 2.63. The summed E-state index contributed by atoms with van der Waals surface area (Å²) < 4.78 is 0. The molecule has 0 bridgehead atoms. The number of nitrogens with one attached hydrogen (secondary N) is 1. The SMILES string of the molecule is c1ccc2c(CC3CCCN3)cccc2c1. The van der Waals surface area contributed by atoms with Gasteiger partial charge in [0.25, 0.3) is 0 Å². The summed E-state index contributed by atoms with van der Waals surface area (Å²) in [6.07, 6.45) is 3.82. The first-order chi connectivity index (χ1) is 7.93. The molecule has 1 N–H and O–H groups in total. The maximum atomic E-state index is 3.57. The minimum atomic E-state index is 0.686. The van der Waals surface area contributed by atoms with Crippen LogP contribution >= 0.6 is 0 Å². The van der Waals surface area contributed by atoms with E-state index in [9.17, 15) is 0 Å². The molecule has 1 heterocycles. The Morgan fingerprint density at radius 3 is 2.81 bits per heavy atom. The van der Waals surface area contributed by atoms with E-state index in [0.717, 1.165) is 0 Å². The van der Waals surface area contributed by atoms with Gasteiger partial charge in [-0.1, -0.05) is 42.5 Å². The van der Waals surface area contributed by atoms with Crippen molar-refractivity contribution >= 4 is 10.8 Å². The molecule has 1 aliphatic heterocycles. The molecule has 0 radical (unpaired) electrons. The van der Waals surface area contributed by atoms with E-state index in [1.807, 2.05) is 0 Å². The fourth-order valence-corrected chi connectivity index (χ4v) is 2.67. The minimum absolute atomic E-state index is 0.686. The van der Waals surface area contributed by atoms with Crippen molar-refractivity contribution < 1.29 is 0 Å². The van der Waals surface area contributed by atoms with Crippen molar-refractivity contribution in [3.63, 3.8) is 0 Å². The first-order valence-electron chi connectivity index (χ1n) is 6.13. The molecule has 1 unspecified atom stereocenters. The molecule has 1 saturated heterocycles.